The number of nitrogens with one attached hydrogen (secondary N) is 1. The molecule has 1 aromatic rings. The summed E-state index contributed by atoms with van der Waals surface area (Å²) in [6.45, 7) is 5.59. The van der Waals surface area contributed by atoms with Gasteiger partial charge in [0.05, 0.1) is 6.61 Å². The minimum Gasteiger partial charge on any atom is -0.392 e. The molecule has 0 radical (unpaired) electrons. The van der Waals surface area contributed by atoms with Crippen LogP contribution in [0.1, 0.15) is 29.4 Å². The van der Waals surface area contributed by atoms with Crippen molar-refractivity contribution in [3.05, 3.63) is 47.9 Å². The third-order valence-corrected chi connectivity index (χ3v) is 2.15. The number of pyridine rings is 1. The SMILES string of the molecule is C=C(CC)NC(=O)c1cc(/C=C/CO)ccn1. The Morgan fingerprint density at radius 1 is 1.65 bits per heavy atom. The molecule has 0 saturated carbocycles. The second kappa shape index (κ2) is 6.60. The summed E-state index contributed by atoms with van der Waals surface area (Å²) in [6.07, 6.45) is 5.58. The second-order valence-corrected chi connectivity index (χ2v) is 3.47. The number of amides is 1. The molecule has 4 nitrogen and oxygen atoms in total. The molecule has 17 heavy (non-hydrogen) atoms. The maximum Gasteiger partial charge on any atom is 0.273 e. The summed E-state index contributed by atoms with van der Waals surface area (Å²) >= 11 is 0. The Balaban J connectivity index is 2.80. The molecular formula is C13H16N2O2. The van der Waals surface area contributed by atoms with Crippen LogP contribution in [-0.4, -0.2) is 22.6 Å². The molecule has 0 aromatic carbocycles. The highest BCUT2D eigenvalue weighted by molar-refractivity contribution is 5.93. The van der Waals surface area contributed by atoms with Crippen LogP contribution in [-0.2, 0) is 0 Å². The molecule has 1 heterocycles. The predicted molar refractivity (Wildman–Crippen MR) is 67.3 cm³/mol. The van der Waals surface area contributed by atoms with Crippen LogP contribution in [0.15, 0.2) is 36.7 Å². The minimum absolute atomic E-state index is 0.0313. The Kier molecular flexibility index (Phi) is 5.10. The van der Waals surface area contributed by atoms with E-state index < -0.39 is 0 Å². The van der Waals surface area contributed by atoms with Gasteiger partial charge in [0, 0.05) is 11.9 Å². The number of rotatable bonds is 5. The van der Waals surface area contributed by atoms with Crippen LogP contribution in [0.5, 0.6) is 0 Å². The summed E-state index contributed by atoms with van der Waals surface area (Å²) in [4.78, 5) is 15.7. The molecule has 0 aliphatic rings. The quantitative estimate of drug-likeness (QED) is 0.812. The normalized spacial score (nSPS) is 10.5. The molecule has 0 saturated heterocycles. The van der Waals surface area contributed by atoms with E-state index in [0.717, 1.165) is 5.56 Å². The van der Waals surface area contributed by atoms with Gasteiger partial charge < -0.3 is 10.4 Å². The molecule has 0 aliphatic carbocycles. The van der Waals surface area contributed by atoms with Gasteiger partial charge in [0.15, 0.2) is 0 Å². The lowest BCUT2D eigenvalue weighted by atomic mass is 10.2. The van der Waals surface area contributed by atoms with Crippen LogP contribution in [0.25, 0.3) is 6.08 Å². The molecule has 4 heteroatoms. The van der Waals surface area contributed by atoms with E-state index in [0.29, 0.717) is 17.8 Å². The maximum absolute atomic E-state index is 11.7. The molecule has 1 rings (SSSR count). The topological polar surface area (TPSA) is 62.2 Å². The molecule has 2 N–H and O–H groups in total. The molecular weight excluding hydrogens is 216 g/mol. The third-order valence-electron chi connectivity index (χ3n) is 2.15. The van der Waals surface area contributed by atoms with Gasteiger partial charge in [-0.2, -0.15) is 0 Å². The van der Waals surface area contributed by atoms with Crippen LogP contribution in [0.3, 0.4) is 0 Å². The number of hydrogen-bond acceptors (Lipinski definition) is 3. The van der Waals surface area contributed by atoms with Crippen molar-refractivity contribution in [2.75, 3.05) is 6.61 Å². The van der Waals surface area contributed by atoms with Gasteiger partial charge in [0.25, 0.3) is 5.91 Å². The van der Waals surface area contributed by atoms with Crippen molar-refractivity contribution in [1.82, 2.24) is 10.3 Å². The fraction of sp³-hybridized carbons (Fsp3) is 0.231. The molecule has 0 bridgehead atoms. The van der Waals surface area contributed by atoms with Crippen LogP contribution < -0.4 is 5.32 Å². The van der Waals surface area contributed by atoms with E-state index in [4.69, 9.17) is 5.11 Å². The largest absolute Gasteiger partial charge is 0.392 e. The summed E-state index contributed by atoms with van der Waals surface area (Å²) in [6, 6.07) is 3.42. The monoisotopic (exact) mass is 232 g/mol. The second-order valence-electron chi connectivity index (χ2n) is 3.47. The lowest BCUT2D eigenvalue weighted by molar-refractivity contribution is 0.0960. The average Bonchev–Trinajstić information content (AvgIpc) is 2.36. The highest BCUT2D eigenvalue weighted by atomic mass is 16.2. The van der Waals surface area contributed by atoms with Gasteiger partial charge in [-0.1, -0.05) is 25.7 Å². The van der Waals surface area contributed by atoms with Gasteiger partial charge in [-0.05, 0) is 24.1 Å². The van der Waals surface area contributed by atoms with E-state index in [1.807, 2.05) is 6.92 Å². The number of aliphatic hydroxyl groups excluding tert-OH is 1. The maximum atomic E-state index is 11.7. The van der Waals surface area contributed by atoms with Crippen molar-refractivity contribution in [3.63, 3.8) is 0 Å². The number of nitrogens with zero attached hydrogens (tertiary/aromatic N) is 1. The number of aromatic nitrogens is 1. The summed E-state index contributed by atoms with van der Waals surface area (Å²) < 4.78 is 0. The highest BCUT2D eigenvalue weighted by Crippen LogP contribution is 2.05. The summed E-state index contributed by atoms with van der Waals surface area (Å²) in [5.41, 5.74) is 1.81. The first kappa shape index (κ1) is 13.1. The Morgan fingerprint density at radius 3 is 3.06 bits per heavy atom. The van der Waals surface area contributed by atoms with Gasteiger partial charge in [-0.15, -0.1) is 0 Å². The Bertz CT molecular complexity index is 439. The predicted octanol–water partition coefficient (Wildman–Crippen LogP) is 1.74. The fourth-order valence-electron chi connectivity index (χ4n) is 1.18. The van der Waals surface area contributed by atoms with Crippen molar-refractivity contribution in [3.8, 4) is 0 Å². The first-order valence-electron chi connectivity index (χ1n) is 5.40. The Labute approximate surface area is 101 Å². The number of allylic oxidation sites excluding steroid dienone is 1. The van der Waals surface area contributed by atoms with Crippen LogP contribution in [0.4, 0.5) is 0 Å². The molecule has 1 amide bonds. The number of carbonyl (C=O) groups is 1. The first-order chi connectivity index (χ1) is 8.17. The number of aliphatic hydroxyl groups is 1. The molecule has 0 aliphatic heterocycles. The zero-order valence-corrected chi connectivity index (χ0v) is 9.81. The molecule has 0 atom stereocenters. The van der Waals surface area contributed by atoms with Crippen molar-refractivity contribution in [2.45, 2.75) is 13.3 Å². The van der Waals surface area contributed by atoms with E-state index in [1.165, 1.54) is 0 Å². The lowest BCUT2D eigenvalue weighted by Crippen LogP contribution is -2.22. The molecule has 0 spiro atoms. The molecule has 0 unspecified atom stereocenters. The zero-order valence-electron chi connectivity index (χ0n) is 9.81. The summed E-state index contributed by atoms with van der Waals surface area (Å²) in [7, 11) is 0. The minimum atomic E-state index is -0.268. The van der Waals surface area contributed by atoms with Crippen LogP contribution in [0, 0.1) is 0 Å². The van der Waals surface area contributed by atoms with E-state index in [1.54, 1.807) is 30.5 Å². The standard InChI is InChI=1S/C13H16N2O2/c1-3-10(2)15-13(17)12-9-11(5-4-8-16)6-7-14-12/h4-7,9,16H,2-3,8H2,1H3,(H,15,17)/b5-4+. The fourth-order valence-corrected chi connectivity index (χ4v) is 1.18. The lowest BCUT2D eigenvalue weighted by Gasteiger charge is -2.05. The summed E-state index contributed by atoms with van der Waals surface area (Å²) in [5.74, 6) is -0.268. The van der Waals surface area contributed by atoms with Crippen LogP contribution >= 0.6 is 0 Å². The van der Waals surface area contributed by atoms with E-state index in [-0.39, 0.29) is 12.5 Å². The highest BCUT2D eigenvalue weighted by Gasteiger charge is 2.07. The number of carbonyl (C=O) groups excluding carboxylic acids is 1. The Hall–Kier alpha value is -1.94. The van der Waals surface area contributed by atoms with Gasteiger partial charge >= 0.3 is 0 Å². The Morgan fingerprint density at radius 2 is 2.41 bits per heavy atom. The first-order valence-corrected chi connectivity index (χ1v) is 5.40. The molecule has 90 valence electrons. The van der Waals surface area contributed by atoms with E-state index in [9.17, 15) is 4.79 Å². The zero-order chi connectivity index (χ0) is 12.7. The van der Waals surface area contributed by atoms with Gasteiger partial charge in [0.1, 0.15) is 5.69 Å². The van der Waals surface area contributed by atoms with Gasteiger partial charge in [-0.25, -0.2) is 0 Å². The average molecular weight is 232 g/mol. The van der Waals surface area contributed by atoms with Gasteiger partial charge in [-0.3, -0.25) is 9.78 Å². The van der Waals surface area contributed by atoms with E-state index in [2.05, 4.69) is 16.9 Å². The number of hydrogen-bond donors (Lipinski definition) is 2. The van der Waals surface area contributed by atoms with Gasteiger partial charge in [0.2, 0.25) is 0 Å². The summed E-state index contributed by atoms with van der Waals surface area (Å²) in [5, 5.41) is 11.3. The van der Waals surface area contributed by atoms with E-state index >= 15 is 0 Å². The van der Waals surface area contributed by atoms with Crippen molar-refractivity contribution < 1.29 is 9.90 Å². The van der Waals surface area contributed by atoms with Crippen molar-refractivity contribution in [2.24, 2.45) is 0 Å². The molecule has 0 fully saturated rings. The third kappa shape index (κ3) is 4.20. The smallest absolute Gasteiger partial charge is 0.273 e. The van der Waals surface area contributed by atoms with Crippen molar-refractivity contribution >= 4 is 12.0 Å². The van der Waals surface area contributed by atoms with Crippen molar-refractivity contribution in [1.29, 1.82) is 0 Å². The van der Waals surface area contributed by atoms with Crippen LogP contribution in [0.2, 0.25) is 0 Å². The molecule has 1 aromatic heterocycles.